The number of rotatable bonds is 0. The first-order valence-electron chi connectivity index (χ1n) is 6.04. The highest BCUT2D eigenvalue weighted by molar-refractivity contribution is 6.85. The van der Waals surface area contributed by atoms with Crippen LogP contribution in [0.4, 0.5) is 0 Å². The lowest BCUT2D eigenvalue weighted by Crippen LogP contribution is -2.46. The zero-order valence-electron chi connectivity index (χ0n) is 10.5. The average molecular weight is 230 g/mol. The first kappa shape index (κ1) is 12.5. The molecule has 1 aliphatic heterocycles. The molecule has 0 aromatic carbocycles. The van der Waals surface area contributed by atoms with Gasteiger partial charge in [0.2, 0.25) is 0 Å². The highest BCUT2D eigenvalue weighted by atomic mass is 28.4. The molecule has 0 aromatic rings. The van der Waals surface area contributed by atoms with Crippen LogP contribution in [-0.2, 0) is 4.12 Å². The molecule has 14 heavy (non-hydrogen) atoms. The van der Waals surface area contributed by atoms with E-state index < -0.39 is 16.6 Å². The van der Waals surface area contributed by atoms with E-state index in [4.69, 9.17) is 4.12 Å². The van der Waals surface area contributed by atoms with Crippen LogP contribution in [0.2, 0.25) is 37.8 Å². The van der Waals surface area contributed by atoms with Crippen molar-refractivity contribution in [1.82, 2.24) is 0 Å². The average Bonchev–Trinajstić information content (AvgIpc) is 2.03. The van der Waals surface area contributed by atoms with Crippen LogP contribution < -0.4 is 0 Å². The molecule has 0 amide bonds. The van der Waals surface area contributed by atoms with Gasteiger partial charge in [0.25, 0.3) is 0 Å². The Morgan fingerprint density at radius 1 is 1.00 bits per heavy atom. The van der Waals surface area contributed by atoms with Crippen molar-refractivity contribution in [3.8, 4) is 0 Å². The van der Waals surface area contributed by atoms with E-state index in [1.54, 1.807) is 0 Å². The molecule has 1 fully saturated rings. The Bertz CT molecular complexity index is 190. The van der Waals surface area contributed by atoms with Crippen LogP contribution in [0.25, 0.3) is 0 Å². The van der Waals surface area contributed by atoms with E-state index in [9.17, 15) is 0 Å². The van der Waals surface area contributed by atoms with Crippen LogP contribution in [0.5, 0.6) is 0 Å². The number of hydrogen-bond donors (Lipinski definition) is 0. The SMILES string of the molecule is CC1CCCCC[Si](C)(C)O[Si]1(C)C. The van der Waals surface area contributed by atoms with E-state index in [0.717, 1.165) is 5.54 Å². The molecule has 0 spiro atoms. The summed E-state index contributed by atoms with van der Waals surface area (Å²) in [5.41, 5.74) is 0.840. The first-order valence-corrected chi connectivity index (χ1v) is 12.1. The van der Waals surface area contributed by atoms with Gasteiger partial charge in [-0.1, -0.05) is 32.6 Å². The molecule has 1 heterocycles. The summed E-state index contributed by atoms with van der Waals surface area (Å²) in [4.78, 5) is 0. The van der Waals surface area contributed by atoms with E-state index in [2.05, 4.69) is 33.1 Å². The molecule has 3 heteroatoms. The summed E-state index contributed by atoms with van der Waals surface area (Å²) in [6.07, 6.45) is 5.64. The monoisotopic (exact) mass is 230 g/mol. The van der Waals surface area contributed by atoms with Gasteiger partial charge in [-0.05, 0) is 37.8 Å². The van der Waals surface area contributed by atoms with Crippen molar-refractivity contribution in [2.75, 3.05) is 0 Å². The molecule has 1 saturated heterocycles. The molecule has 84 valence electrons. The molecule has 0 N–H and O–H groups in total. The minimum Gasteiger partial charge on any atom is -0.455 e. The molecule has 1 nitrogen and oxygen atoms in total. The number of hydrogen-bond acceptors (Lipinski definition) is 1. The van der Waals surface area contributed by atoms with Gasteiger partial charge in [-0.2, -0.15) is 0 Å². The molecule has 0 saturated carbocycles. The Kier molecular flexibility index (Phi) is 4.00. The zero-order chi connectivity index (χ0) is 10.8. The van der Waals surface area contributed by atoms with Crippen molar-refractivity contribution in [2.45, 2.75) is 70.4 Å². The normalized spacial score (nSPS) is 32.8. The van der Waals surface area contributed by atoms with Crippen molar-refractivity contribution < 1.29 is 4.12 Å². The minimum absolute atomic E-state index is 0.840. The highest BCUT2D eigenvalue weighted by Crippen LogP contribution is 2.34. The van der Waals surface area contributed by atoms with Gasteiger partial charge < -0.3 is 4.12 Å². The van der Waals surface area contributed by atoms with E-state index in [1.807, 2.05) is 0 Å². The maximum Gasteiger partial charge on any atom is 0.176 e. The van der Waals surface area contributed by atoms with Gasteiger partial charge >= 0.3 is 0 Å². The summed E-state index contributed by atoms with van der Waals surface area (Å²) in [7, 11) is -2.70. The van der Waals surface area contributed by atoms with Gasteiger partial charge in [-0.15, -0.1) is 0 Å². The van der Waals surface area contributed by atoms with Crippen LogP contribution in [0, 0.1) is 0 Å². The summed E-state index contributed by atoms with van der Waals surface area (Å²) in [5.74, 6) is 0. The van der Waals surface area contributed by atoms with Gasteiger partial charge in [-0.3, -0.25) is 0 Å². The summed E-state index contributed by atoms with van der Waals surface area (Å²) in [5, 5.41) is 0. The van der Waals surface area contributed by atoms with Gasteiger partial charge in [0, 0.05) is 0 Å². The van der Waals surface area contributed by atoms with Crippen molar-refractivity contribution in [2.24, 2.45) is 0 Å². The fourth-order valence-electron chi connectivity index (χ4n) is 2.39. The minimum atomic E-state index is -1.38. The maximum absolute atomic E-state index is 6.54. The molecule has 1 aliphatic rings. The van der Waals surface area contributed by atoms with Crippen molar-refractivity contribution in [3.63, 3.8) is 0 Å². The van der Waals surface area contributed by atoms with Crippen LogP contribution >= 0.6 is 0 Å². The molecule has 1 atom stereocenters. The van der Waals surface area contributed by atoms with Gasteiger partial charge in [0.05, 0.1) is 0 Å². The molecule has 0 aromatic heterocycles. The molecule has 1 rings (SSSR count). The van der Waals surface area contributed by atoms with Gasteiger partial charge in [0.1, 0.15) is 0 Å². The second-order valence-electron chi connectivity index (χ2n) is 5.97. The third-order valence-electron chi connectivity index (χ3n) is 3.64. The third-order valence-corrected chi connectivity index (χ3v) is 12.2. The zero-order valence-corrected chi connectivity index (χ0v) is 12.5. The predicted octanol–water partition coefficient (Wildman–Crippen LogP) is 4.38. The lowest BCUT2D eigenvalue weighted by Gasteiger charge is -2.37. The van der Waals surface area contributed by atoms with Crippen molar-refractivity contribution >= 4 is 16.6 Å². The molecule has 1 unspecified atom stereocenters. The molecular weight excluding hydrogens is 204 g/mol. The van der Waals surface area contributed by atoms with E-state index >= 15 is 0 Å². The quantitative estimate of drug-likeness (QED) is 0.561. The topological polar surface area (TPSA) is 9.23 Å². The predicted molar refractivity (Wildman–Crippen MR) is 68.7 cm³/mol. The van der Waals surface area contributed by atoms with E-state index in [0.29, 0.717) is 0 Å². The molecule has 0 aliphatic carbocycles. The largest absolute Gasteiger partial charge is 0.455 e. The Morgan fingerprint density at radius 3 is 2.29 bits per heavy atom. The lowest BCUT2D eigenvalue weighted by molar-refractivity contribution is 0.516. The smallest absolute Gasteiger partial charge is 0.176 e. The van der Waals surface area contributed by atoms with Crippen molar-refractivity contribution in [3.05, 3.63) is 0 Å². The van der Waals surface area contributed by atoms with E-state index in [-0.39, 0.29) is 0 Å². The Morgan fingerprint density at radius 2 is 1.64 bits per heavy atom. The fraction of sp³-hybridized carbons (Fsp3) is 1.00. The molecule has 0 radical (unpaired) electrons. The first-order chi connectivity index (χ1) is 6.33. The lowest BCUT2D eigenvalue weighted by atomic mass is 10.2. The molecular formula is C11H26OSi2. The second-order valence-corrected chi connectivity index (χ2v) is 15.0. The Hall–Kier alpha value is 0.394. The van der Waals surface area contributed by atoms with E-state index in [1.165, 1.54) is 31.7 Å². The van der Waals surface area contributed by atoms with Gasteiger partial charge in [0.15, 0.2) is 16.6 Å². The Labute approximate surface area is 91.5 Å². The molecule has 0 bridgehead atoms. The standard InChI is InChI=1S/C11H26OSi2/c1-11-9-7-6-8-10-13(2,3)12-14(11,4)5/h11H,6-10H2,1-5H3. The van der Waals surface area contributed by atoms with Crippen LogP contribution in [0.1, 0.15) is 32.6 Å². The summed E-state index contributed by atoms with van der Waals surface area (Å²) >= 11 is 0. The maximum atomic E-state index is 6.54. The second kappa shape index (κ2) is 4.50. The Balaban J connectivity index is 2.72. The van der Waals surface area contributed by atoms with Crippen LogP contribution in [-0.4, -0.2) is 16.6 Å². The van der Waals surface area contributed by atoms with Gasteiger partial charge in [-0.25, -0.2) is 0 Å². The summed E-state index contributed by atoms with van der Waals surface area (Å²) < 4.78 is 6.54. The summed E-state index contributed by atoms with van der Waals surface area (Å²) in [6, 6.07) is 1.37. The van der Waals surface area contributed by atoms with Crippen LogP contribution in [0.15, 0.2) is 0 Å². The summed E-state index contributed by atoms with van der Waals surface area (Å²) in [6.45, 7) is 12.0. The highest BCUT2D eigenvalue weighted by Gasteiger charge is 2.37. The third kappa shape index (κ3) is 3.52. The van der Waals surface area contributed by atoms with Crippen LogP contribution in [0.3, 0.4) is 0 Å². The fourth-order valence-corrected chi connectivity index (χ4v) is 11.3. The van der Waals surface area contributed by atoms with Crippen molar-refractivity contribution in [1.29, 1.82) is 0 Å².